The summed E-state index contributed by atoms with van der Waals surface area (Å²) in [7, 11) is 0. The Labute approximate surface area is 143 Å². The summed E-state index contributed by atoms with van der Waals surface area (Å²) in [5.74, 6) is 0. The molecule has 0 aliphatic rings. The summed E-state index contributed by atoms with van der Waals surface area (Å²) in [6, 6.07) is 15.9. The van der Waals surface area contributed by atoms with Crippen LogP contribution >= 0.6 is 11.6 Å². The van der Waals surface area contributed by atoms with E-state index in [4.69, 9.17) is 11.6 Å². The number of benzene rings is 2. The highest BCUT2D eigenvalue weighted by Gasteiger charge is 2.10. The lowest BCUT2D eigenvalue weighted by Crippen LogP contribution is -1.83. The van der Waals surface area contributed by atoms with Gasteiger partial charge in [-0.2, -0.15) is 5.26 Å². The van der Waals surface area contributed by atoms with E-state index in [2.05, 4.69) is 16.0 Å². The van der Waals surface area contributed by atoms with Gasteiger partial charge < -0.3 is 4.98 Å². The van der Waals surface area contributed by atoms with Crippen LogP contribution < -0.4 is 0 Å². The summed E-state index contributed by atoms with van der Waals surface area (Å²) >= 11 is 6.11. The van der Waals surface area contributed by atoms with Crippen LogP contribution in [0.15, 0.2) is 61.1 Å². The van der Waals surface area contributed by atoms with E-state index in [0.29, 0.717) is 10.6 Å². The number of nitrogens with one attached hydrogen (secondary N) is 1. The number of fused-ring (bicyclic) bond motifs is 2. The van der Waals surface area contributed by atoms with Gasteiger partial charge in [-0.15, -0.1) is 0 Å². The molecule has 4 aromatic rings. The van der Waals surface area contributed by atoms with Crippen molar-refractivity contribution in [3.63, 3.8) is 0 Å². The first-order valence-electron chi connectivity index (χ1n) is 7.48. The van der Waals surface area contributed by atoms with Crippen LogP contribution in [-0.4, -0.2) is 9.97 Å². The van der Waals surface area contributed by atoms with Crippen molar-refractivity contribution in [2.45, 2.75) is 0 Å². The second kappa shape index (κ2) is 5.84. The smallest absolute Gasteiger partial charge is 0.0998 e. The molecule has 0 amide bonds. The first kappa shape index (κ1) is 14.5. The predicted octanol–water partition coefficient (Wildman–Crippen LogP) is 5.43. The van der Waals surface area contributed by atoms with Gasteiger partial charge in [-0.25, -0.2) is 0 Å². The molecule has 0 fully saturated rings. The highest BCUT2D eigenvalue weighted by Crippen LogP contribution is 2.30. The molecule has 4 rings (SSSR count). The van der Waals surface area contributed by atoms with Crippen molar-refractivity contribution in [3.05, 3.63) is 77.2 Å². The Hall–Kier alpha value is -3.09. The Balaban J connectivity index is 1.93. The first-order chi connectivity index (χ1) is 11.8. The maximum absolute atomic E-state index is 9.68. The monoisotopic (exact) mass is 329 g/mol. The second-order valence-corrected chi connectivity index (χ2v) is 5.94. The molecular weight excluding hydrogens is 318 g/mol. The average molecular weight is 330 g/mol. The largest absolute Gasteiger partial charge is 0.361 e. The highest BCUT2D eigenvalue weighted by atomic mass is 35.5. The second-order valence-electron chi connectivity index (χ2n) is 5.51. The molecule has 0 radical (unpaired) electrons. The fraction of sp³-hybridized carbons (Fsp3) is 0. The van der Waals surface area contributed by atoms with Gasteiger partial charge in [0.15, 0.2) is 0 Å². The number of aromatic nitrogens is 2. The minimum absolute atomic E-state index is 0.591. The Bertz CT molecular complexity index is 1130. The summed E-state index contributed by atoms with van der Waals surface area (Å²) in [5.41, 5.74) is 3.38. The molecule has 2 aromatic carbocycles. The highest BCUT2D eigenvalue weighted by molar-refractivity contribution is 6.31. The number of nitriles is 1. The summed E-state index contributed by atoms with van der Waals surface area (Å²) < 4.78 is 0. The summed E-state index contributed by atoms with van der Waals surface area (Å²) in [6.45, 7) is 0. The zero-order valence-electron chi connectivity index (χ0n) is 12.6. The van der Waals surface area contributed by atoms with Crippen molar-refractivity contribution in [2.75, 3.05) is 0 Å². The molecule has 1 N–H and O–H groups in total. The van der Waals surface area contributed by atoms with Crippen molar-refractivity contribution in [1.82, 2.24) is 9.97 Å². The van der Waals surface area contributed by atoms with E-state index in [1.165, 1.54) is 0 Å². The summed E-state index contributed by atoms with van der Waals surface area (Å²) in [5, 5.41) is 13.4. The van der Waals surface area contributed by atoms with Crippen LogP contribution in [0.1, 0.15) is 11.1 Å². The third-order valence-electron chi connectivity index (χ3n) is 4.07. The van der Waals surface area contributed by atoms with Gasteiger partial charge in [-0.1, -0.05) is 29.8 Å². The summed E-state index contributed by atoms with van der Waals surface area (Å²) in [4.78, 5) is 7.34. The van der Waals surface area contributed by atoms with E-state index in [1.54, 1.807) is 6.20 Å². The molecule has 2 heterocycles. The first-order valence-corrected chi connectivity index (χ1v) is 7.85. The molecule has 3 nitrogen and oxygen atoms in total. The van der Waals surface area contributed by atoms with Crippen LogP contribution in [-0.2, 0) is 0 Å². The Kier molecular flexibility index (Phi) is 3.53. The molecule has 0 aliphatic heterocycles. The molecule has 24 heavy (non-hydrogen) atoms. The lowest BCUT2D eigenvalue weighted by molar-refractivity contribution is 1.36. The minimum Gasteiger partial charge on any atom is -0.361 e. The van der Waals surface area contributed by atoms with E-state index in [0.717, 1.165) is 32.8 Å². The zero-order chi connectivity index (χ0) is 16.5. The van der Waals surface area contributed by atoms with Crippen molar-refractivity contribution >= 4 is 44.9 Å². The fourth-order valence-electron chi connectivity index (χ4n) is 2.91. The minimum atomic E-state index is 0.591. The SMILES string of the molecule is N#CC(=Cc1cccc2cnccc12)c1c[nH]c2ccc(Cl)cc12. The zero-order valence-corrected chi connectivity index (χ0v) is 13.4. The predicted molar refractivity (Wildman–Crippen MR) is 98.5 cm³/mol. The van der Waals surface area contributed by atoms with Crippen LogP contribution in [0.25, 0.3) is 33.3 Å². The van der Waals surface area contributed by atoms with Gasteiger partial charge in [0.2, 0.25) is 0 Å². The van der Waals surface area contributed by atoms with Gasteiger partial charge in [0.1, 0.15) is 0 Å². The number of hydrogen-bond acceptors (Lipinski definition) is 2. The molecule has 0 saturated carbocycles. The maximum atomic E-state index is 9.68. The number of pyridine rings is 1. The summed E-state index contributed by atoms with van der Waals surface area (Å²) in [6.07, 6.45) is 7.34. The standard InChI is InChI=1S/C20H12ClN3/c21-16-4-5-20-18(9-16)19(12-24-20)15(10-22)8-13-2-1-3-14-11-23-7-6-17(13)14/h1-9,11-12,24H. The molecule has 0 atom stereocenters. The molecule has 0 bridgehead atoms. The number of rotatable bonds is 2. The average Bonchev–Trinajstić information content (AvgIpc) is 3.02. The van der Waals surface area contributed by atoms with Crippen LogP contribution in [0.5, 0.6) is 0 Å². The van der Waals surface area contributed by atoms with Gasteiger partial charge >= 0.3 is 0 Å². The van der Waals surface area contributed by atoms with Crippen LogP contribution in [0.2, 0.25) is 5.02 Å². The molecule has 0 aliphatic carbocycles. The maximum Gasteiger partial charge on any atom is 0.0998 e. The van der Waals surface area contributed by atoms with E-state index >= 15 is 0 Å². The van der Waals surface area contributed by atoms with Gasteiger partial charge in [-0.3, -0.25) is 4.98 Å². The van der Waals surface area contributed by atoms with Gasteiger partial charge in [-0.05, 0) is 41.3 Å². The number of halogens is 1. The van der Waals surface area contributed by atoms with Crippen molar-refractivity contribution in [1.29, 1.82) is 5.26 Å². The van der Waals surface area contributed by atoms with Gasteiger partial charge in [0.25, 0.3) is 0 Å². The third-order valence-corrected chi connectivity index (χ3v) is 4.30. The van der Waals surface area contributed by atoms with Crippen LogP contribution in [0.4, 0.5) is 0 Å². The number of nitrogens with zero attached hydrogens (tertiary/aromatic N) is 2. The lowest BCUT2D eigenvalue weighted by atomic mass is 10.00. The Morgan fingerprint density at radius 3 is 2.96 bits per heavy atom. The fourth-order valence-corrected chi connectivity index (χ4v) is 3.09. The van der Waals surface area contributed by atoms with Crippen molar-refractivity contribution < 1.29 is 0 Å². The lowest BCUT2D eigenvalue weighted by Gasteiger charge is -2.03. The molecular formula is C20H12ClN3. The van der Waals surface area contributed by atoms with Crippen molar-refractivity contribution in [2.24, 2.45) is 0 Å². The molecule has 0 spiro atoms. The molecule has 114 valence electrons. The van der Waals surface area contributed by atoms with Gasteiger partial charge in [0.05, 0.1) is 11.6 Å². The third kappa shape index (κ3) is 2.44. The van der Waals surface area contributed by atoms with Crippen LogP contribution in [0, 0.1) is 11.3 Å². The van der Waals surface area contributed by atoms with E-state index in [-0.39, 0.29) is 0 Å². The van der Waals surface area contributed by atoms with E-state index < -0.39 is 0 Å². The number of hydrogen-bond donors (Lipinski definition) is 1. The number of H-pyrrole nitrogens is 1. The molecule has 4 heteroatoms. The van der Waals surface area contributed by atoms with E-state index in [1.807, 2.05) is 60.9 Å². The molecule has 0 saturated heterocycles. The quantitative estimate of drug-likeness (QED) is 0.498. The number of allylic oxidation sites excluding steroid dienone is 1. The topological polar surface area (TPSA) is 52.5 Å². The number of aromatic amines is 1. The molecule has 2 aromatic heterocycles. The van der Waals surface area contributed by atoms with Crippen LogP contribution in [0.3, 0.4) is 0 Å². The Morgan fingerprint density at radius 1 is 1.17 bits per heavy atom. The Morgan fingerprint density at radius 2 is 2.08 bits per heavy atom. The van der Waals surface area contributed by atoms with Gasteiger partial charge in [0, 0.05) is 45.5 Å². The normalized spacial score (nSPS) is 11.8. The van der Waals surface area contributed by atoms with Crippen molar-refractivity contribution in [3.8, 4) is 6.07 Å². The van der Waals surface area contributed by atoms with E-state index in [9.17, 15) is 5.26 Å². The molecule has 0 unspecified atom stereocenters.